The topological polar surface area (TPSA) is 99.2 Å². The molecular formula is C25H26FN3O5S. The summed E-state index contributed by atoms with van der Waals surface area (Å²) < 4.78 is 47.5. The van der Waals surface area contributed by atoms with Crippen molar-refractivity contribution < 1.29 is 27.4 Å². The molecular weight excluding hydrogens is 473 g/mol. The summed E-state index contributed by atoms with van der Waals surface area (Å²) in [6.45, 7) is 4.32. The minimum atomic E-state index is -3.92. The predicted molar refractivity (Wildman–Crippen MR) is 133 cm³/mol. The van der Waals surface area contributed by atoms with E-state index in [1.807, 2.05) is 16.7 Å². The molecule has 2 N–H and O–H groups in total. The van der Waals surface area contributed by atoms with Crippen molar-refractivity contribution in [1.29, 1.82) is 0 Å². The smallest absolute Gasteiger partial charge is 0.337 e. The van der Waals surface area contributed by atoms with Gasteiger partial charge in [0.15, 0.2) is 0 Å². The summed E-state index contributed by atoms with van der Waals surface area (Å²) in [6.07, 6.45) is 0. The van der Waals surface area contributed by atoms with E-state index in [2.05, 4.69) is 4.72 Å². The zero-order chi connectivity index (χ0) is 25.0. The third-order valence-electron chi connectivity index (χ3n) is 5.74. The predicted octanol–water partition coefficient (Wildman–Crippen LogP) is 4.05. The van der Waals surface area contributed by atoms with Gasteiger partial charge in [-0.25, -0.2) is 17.6 Å². The van der Waals surface area contributed by atoms with Crippen molar-refractivity contribution in [3.05, 3.63) is 78.1 Å². The molecule has 0 saturated carbocycles. The third kappa shape index (κ3) is 5.48. The van der Waals surface area contributed by atoms with E-state index in [0.29, 0.717) is 49.9 Å². The molecule has 184 valence electrons. The highest BCUT2D eigenvalue weighted by Crippen LogP contribution is 2.29. The first kappa shape index (κ1) is 24.3. The van der Waals surface area contributed by atoms with Crippen LogP contribution in [0.4, 0.5) is 21.5 Å². The minimum absolute atomic E-state index is 0.0174. The van der Waals surface area contributed by atoms with Gasteiger partial charge >= 0.3 is 5.97 Å². The van der Waals surface area contributed by atoms with Crippen LogP contribution in [-0.2, 0) is 10.0 Å². The van der Waals surface area contributed by atoms with Crippen LogP contribution >= 0.6 is 0 Å². The minimum Gasteiger partial charge on any atom is -0.494 e. The van der Waals surface area contributed by atoms with Crippen LogP contribution in [0.3, 0.4) is 0 Å². The second kappa shape index (κ2) is 10.2. The van der Waals surface area contributed by atoms with Gasteiger partial charge in [0.1, 0.15) is 11.6 Å². The van der Waals surface area contributed by atoms with Crippen LogP contribution in [0.25, 0.3) is 0 Å². The van der Waals surface area contributed by atoms with E-state index in [9.17, 15) is 22.7 Å². The molecule has 0 unspecified atom stereocenters. The SMILES string of the molecule is CCOc1ccc(S(=O)(=O)Nc2ccc(N3CCN(c4ccccc4F)CC3)c(C(=O)O)c2)cc1. The Hall–Kier alpha value is -3.79. The van der Waals surface area contributed by atoms with Gasteiger partial charge in [-0.05, 0) is 61.5 Å². The molecule has 0 aliphatic carbocycles. The van der Waals surface area contributed by atoms with Gasteiger partial charge in [-0.1, -0.05) is 12.1 Å². The first-order chi connectivity index (χ1) is 16.8. The van der Waals surface area contributed by atoms with Crippen molar-refractivity contribution in [3.63, 3.8) is 0 Å². The quantitative estimate of drug-likeness (QED) is 0.482. The molecule has 0 aromatic heterocycles. The molecule has 1 saturated heterocycles. The van der Waals surface area contributed by atoms with E-state index < -0.39 is 16.0 Å². The second-order valence-electron chi connectivity index (χ2n) is 7.97. The van der Waals surface area contributed by atoms with Crippen LogP contribution in [0.1, 0.15) is 17.3 Å². The fraction of sp³-hybridized carbons (Fsp3) is 0.240. The number of benzene rings is 3. The number of halogens is 1. The average molecular weight is 500 g/mol. The number of carboxylic acids is 1. The molecule has 1 aliphatic heterocycles. The number of hydrogen-bond donors (Lipinski definition) is 2. The lowest BCUT2D eigenvalue weighted by Gasteiger charge is -2.38. The third-order valence-corrected chi connectivity index (χ3v) is 7.13. The molecule has 0 radical (unpaired) electrons. The largest absolute Gasteiger partial charge is 0.494 e. The number of rotatable bonds is 8. The van der Waals surface area contributed by atoms with Crippen LogP contribution in [0.15, 0.2) is 71.6 Å². The van der Waals surface area contributed by atoms with E-state index in [0.717, 1.165) is 0 Å². The van der Waals surface area contributed by atoms with E-state index in [4.69, 9.17) is 4.74 Å². The standard InChI is InChI=1S/C25H26FN3O5S/c1-2-34-19-8-10-20(11-9-19)35(32,33)27-18-7-12-23(21(17-18)25(30)31)28-13-15-29(16-14-28)24-6-4-3-5-22(24)26/h3-12,17,27H,2,13-16H2,1H3,(H,30,31). The lowest BCUT2D eigenvalue weighted by atomic mass is 10.1. The van der Waals surface area contributed by atoms with Gasteiger partial charge in [0, 0.05) is 31.9 Å². The van der Waals surface area contributed by atoms with E-state index in [1.54, 1.807) is 36.4 Å². The lowest BCUT2D eigenvalue weighted by molar-refractivity contribution is 0.0697. The molecule has 0 atom stereocenters. The van der Waals surface area contributed by atoms with Crippen LogP contribution in [0.2, 0.25) is 0 Å². The monoisotopic (exact) mass is 499 g/mol. The van der Waals surface area contributed by atoms with Gasteiger partial charge in [0.2, 0.25) is 0 Å². The maximum atomic E-state index is 14.1. The Morgan fingerprint density at radius 3 is 2.20 bits per heavy atom. The Labute approximate surface area is 203 Å². The first-order valence-electron chi connectivity index (χ1n) is 11.2. The van der Waals surface area contributed by atoms with Gasteiger partial charge in [-0.2, -0.15) is 0 Å². The average Bonchev–Trinajstić information content (AvgIpc) is 2.85. The van der Waals surface area contributed by atoms with Crippen molar-refractivity contribution in [1.82, 2.24) is 0 Å². The van der Waals surface area contributed by atoms with Gasteiger partial charge in [0.25, 0.3) is 10.0 Å². The van der Waals surface area contributed by atoms with E-state index in [1.165, 1.54) is 30.3 Å². The Morgan fingerprint density at radius 2 is 1.60 bits per heavy atom. The van der Waals surface area contributed by atoms with Gasteiger partial charge in [0.05, 0.1) is 28.4 Å². The number of carbonyl (C=O) groups is 1. The highest BCUT2D eigenvalue weighted by Gasteiger charge is 2.24. The molecule has 1 aliphatic rings. The normalized spacial score (nSPS) is 14.0. The maximum Gasteiger partial charge on any atom is 0.337 e. The molecule has 10 heteroatoms. The van der Waals surface area contributed by atoms with E-state index in [-0.39, 0.29) is 22.0 Å². The van der Waals surface area contributed by atoms with Crippen molar-refractivity contribution in [2.45, 2.75) is 11.8 Å². The van der Waals surface area contributed by atoms with Crippen molar-refractivity contribution in [2.24, 2.45) is 0 Å². The van der Waals surface area contributed by atoms with Crippen LogP contribution in [-0.4, -0.2) is 52.3 Å². The second-order valence-corrected chi connectivity index (χ2v) is 9.65. The van der Waals surface area contributed by atoms with Gasteiger partial charge < -0.3 is 19.6 Å². The number of nitrogens with one attached hydrogen (secondary N) is 1. The number of ether oxygens (including phenoxy) is 1. The molecule has 35 heavy (non-hydrogen) atoms. The number of para-hydroxylation sites is 1. The molecule has 3 aromatic carbocycles. The van der Waals surface area contributed by atoms with Crippen LogP contribution in [0, 0.1) is 5.82 Å². The van der Waals surface area contributed by atoms with E-state index >= 15 is 0 Å². The fourth-order valence-corrected chi connectivity index (χ4v) is 5.09. The van der Waals surface area contributed by atoms with Crippen molar-refractivity contribution in [2.75, 3.05) is 47.3 Å². The molecule has 8 nitrogen and oxygen atoms in total. The Morgan fingerprint density at radius 1 is 0.971 bits per heavy atom. The summed E-state index contributed by atoms with van der Waals surface area (Å²) in [7, 11) is -3.92. The summed E-state index contributed by atoms with van der Waals surface area (Å²) >= 11 is 0. The summed E-state index contributed by atoms with van der Waals surface area (Å²) in [5.74, 6) is -0.908. The zero-order valence-electron chi connectivity index (χ0n) is 19.1. The number of carboxylic acid groups (broad SMARTS) is 1. The molecule has 0 spiro atoms. The number of nitrogens with zero attached hydrogens (tertiary/aromatic N) is 2. The molecule has 0 bridgehead atoms. The van der Waals surface area contributed by atoms with Gasteiger partial charge in [-0.15, -0.1) is 0 Å². The number of anilines is 3. The van der Waals surface area contributed by atoms with Crippen molar-refractivity contribution >= 4 is 33.1 Å². The first-order valence-corrected chi connectivity index (χ1v) is 12.6. The zero-order valence-corrected chi connectivity index (χ0v) is 20.0. The maximum absolute atomic E-state index is 14.1. The Bertz CT molecular complexity index is 1310. The lowest BCUT2D eigenvalue weighted by Crippen LogP contribution is -2.47. The van der Waals surface area contributed by atoms with Gasteiger partial charge in [-0.3, -0.25) is 4.72 Å². The van der Waals surface area contributed by atoms with Crippen molar-refractivity contribution in [3.8, 4) is 5.75 Å². The summed E-state index contributed by atoms with van der Waals surface area (Å²) in [6, 6.07) is 17.0. The molecule has 3 aromatic rings. The summed E-state index contributed by atoms with van der Waals surface area (Å²) in [5, 5.41) is 9.81. The number of piperazine rings is 1. The number of aromatic carboxylic acids is 1. The molecule has 0 amide bonds. The molecule has 4 rings (SSSR count). The van der Waals surface area contributed by atoms with Crippen LogP contribution in [0.5, 0.6) is 5.75 Å². The van der Waals surface area contributed by atoms with Crippen LogP contribution < -0.4 is 19.3 Å². The highest BCUT2D eigenvalue weighted by atomic mass is 32.2. The number of hydrogen-bond acceptors (Lipinski definition) is 6. The molecule has 1 heterocycles. The molecule has 1 fully saturated rings. The Balaban J connectivity index is 1.50. The highest BCUT2D eigenvalue weighted by molar-refractivity contribution is 7.92. The Kier molecular flexibility index (Phi) is 7.11. The summed E-state index contributed by atoms with van der Waals surface area (Å²) in [4.78, 5) is 15.9. The number of sulfonamides is 1. The summed E-state index contributed by atoms with van der Waals surface area (Å²) in [5.41, 5.74) is 1.13. The fourth-order valence-electron chi connectivity index (χ4n) is 4.04.